The van der Waals surface area contributed by atoms with Gasteiger partial charge in [0.15, 0.2) is 0 Å². The van der Waals surface area contributed by atoms with Gasteiger partial charge in [0, 0.05) is 29.6 Å². The fraction of sp³-hybridized carbons (Fsp3) is 0.264. The zero-order chi connectivity index (χ0) is 57.0. The third-order valence-corrected chi connectivity index (χ3v) is 11.7. The third-order valence-electron chi connectivity index (χ3n) is 8.55. The van der Waals surface area contributed by atoms with Crippen LogP contribution < -0.4 is 69.0 Å². The predicted molar refractivity (Wildman–Crippen MR) is 333 cm³/mol. The fourth-order valence-electron chi connectivity index (χ4n) is 5.65. The topological polar surface area (TPSA) is 201 Å². The summed E-state index contributed by atoms with van der Waals surface area (Å²) in [5, 5.41) is 15.9. The molecule has 4 N–H and O–H groups in total. The number of rotatable bonds is 10. The molecule has 14 nitrogen and oxygen atoms in total. The Morgan fingerprint density at radius 3 is 1.36 bits per heavy atom. The Morgan fingerprint density at radius 2 is 0.962 bits per heavy atom. The number of urea groups is 2. The Morgan fingerprint density at radius 1 is 0.590 bits per heavy atom. The van der Waals surface area contributed by atoms with Crippen LogP contribution in [0.1, 0.15) is 62.8 Å². The van der Waals surface area contributed by atoms with Gasteiger partial charge in [-0.15, -0.1) is 5.75 Å². The van der Waals surface area contributed by atoms with Gasteiger partial charge in [-0.1, -0.05) is 147 Å². The SMILES string of the molecule is C.CC(C)(C)NC(=O)NS(=O)(=O)c1cc(F)ccc1Cl.CC(I)(I)I.COc1ccc(-c2cccc(Oc3ccc(F)cc3S(=O)(=O)NC(=O)NC(C)(C)C)c2)cc1.COc1ccc(-c2cccc([O-])c2)cc1.C[CH-]I.[Na+].[V]. The van der Waals surface area contributed by atoms with Crippen LogP contribution in [0.4, 0.5) is 18.4 Å². The van der Waals surface area contributed by atoms with Crippen molar-refractivity contribution in [3.8, 4) is 51.0 Å². The van der Waals surface area contributed by atoms with Gasteiger partial charge in [-0.25, -0.2) is 44.6 Å². The van der Waals surface area contributed by atoms with Crippen molar-refractivity contribution < 1.29 is 103 Å². The number of nitrogens with one attached hydrogen (secondary N) is 4. The summed E-state index contributed by atoms with van der Waals surface area (Å²) < 4.78 is 98.4. The van der Waals surface area contributed by atoms with Gasteiger partial charge in [-0.3, -0.25) is 4.43 Å². The van der Waals surface area contributed by atoms with E-state index < -0.39 is 64.6 Å². The number of carbonyl (C=O) groups is 2. The molecule has 25 heteroatoms. The van der Waals surface area contributed by atoms with Crippen LogP contribution in [0.2, 0.25) is 5.02 Å². The first-order valence-electron chi connectivity index (χ1n) is 21.9. The molecule has 421 valence electrons. The van der Waals surface area contributed by atoms with Crippen LogP contribution in [0, 0.1) is 16.1 Å². The average molecular weight is 1630 g/mol. The maximum atomic E-state index is 13.9. The van der Waals surface area contributed by atoms with E-state index in [2.05, 4.69) is 108 Å². The number of halogens is 7. The van der Waals surface area contributed by atoms with Gasteiger partial charge < -0.3 is 52.5 Å². The minimum Gasteiger partial charge on any atom is -0.872 e. The zero-order valence-electron chi connectivity index (χ0n) is 43.8. The molecule has 0 spiro atoms. The number of methoxy groups -OCH3 is 2. The van der Waals surface area contributed by atoms with Crippen molar-refractivity contribution in [2.45, 2.75) is 83.1 Å². The van der Waals surface area contributed by atoms with Crippen LogP contribution in [0.15, 0.2) is 143 Å². The number of benzene rings is 6. The molecule has 0 fully saturated rings. The van der Waals surface area contributed by atoms with Gasteiger partial charge in [0.2, 0.25) is 0 Å². The largest absolute Gasteiger partial charge is 1.00 e. The van der Waals surface area contributed by atoms with Gasteiger partial charge in [0.1, 0.15) is 43.9 Å². The molecule has 6 aromatic rings. The average Bonchev–Trinajstić information content (AvgIpc) is 3.29. The van der Waals surface area contributed by atoms with Crippen molar-refractivity contribution in [2.24, 2.45) is 0 Å². The van der Waals surface area contributed by atoms with Crippen molar-refractivity contribution in [3.63, 3.8) is 0 Å². The molecule has 0 aliphatic rings. The molecule has 1 radical (unpaired) electrons. The number of hydrogen-bond acceptors (Lipinski definition) is 10. The van der Waals surface area contributed by atoms with Crippen molar-refractivity contribution in [1.29, 1.82) is 0 Å². The van der Waals surface area contributed by atoms with Gasteiger partial charge >= 0.3 is 41.6 Å². The summed E-state index contributed by atoms with van der Waals surface area (Å²) in [5.41, 5.74) is 2.41. The van der Waals surface area contributed by atoms with E-state index in [-0.39, 0.29) is 72.1 Å². The summed E-state index contributed by atoms with van der Waals surface area (Å²) >= 11 is 14.9. The first kappa shape index (κ1) is 77.7. The number of amides is 4. The summed E-state index contributed by atoms with van der Waals surface area (Å²) in [6.45, 7) is 14.3. The molecule has 78 heavy (non-hydrogen) atoms. The normalized spacial score (nSPS) is 10.7. The van der Waals surface area contributed by atoms with Crippen LogP contribution in [0.25, 0.3) is 22.3 Å². The van der Waals surface area contributed by atoms with Gasteiger partial charge in [0.25, 0.3) is 20.0 Å². The van der Waals surface area contributed by atoms with E-state index in [4.69, 9.17) is 25.8 Å². The maximum absolute atomic E-state index is 13.9. The first-order valence-corrected chi connectivity index (χ1v) is 29.7. The van der Waals surface area contributed by atoms with Crippen LogP contribution in [-0.4, -0.2) is 53.6 Å². The molecule has 6 rings (SSSR count). The molecule has 0 aliphatic heterocycles. The molecular formula is C53H61ClF2I4N4NaO10S2V-. The van der Waals surface area contributed by atoms with Crippen molar-refractivity contribution in [3.05, 3.63) is 155 Å². The number of hydrogen-bond donors (Lipinski definition) is 4. The van der Waals surface area contributed by atoms with Gasteiger partial charge in [0.05, 0.1) is 19.2 Å². The summed E-state index contributed by atoms with van der Waals surface area (Å²) in [5.74, 6) is 0.229. The van der Waals surface area contributed by atoms with E-state index in [0.717, 1.165) is 64.1 Å². The smallest absolute Gasteiger partial charge is 0.872 e. The third kappa shape index (κ3) is 31.2. The monoisotopic (exact) mass is 1630 g/mol. The summed E-state index contributed by atoms with van der Waals surface area (Å²) in [4.78, 5) is 22.6. The van der Waals surface area contributed by atoms with E-state index >= 15 is 0 Å². The van der Waals surface area contributed by atoms with E-state index in [9.17, 15) is 40.3 Å². The van der Waals surface area contributed by atoms with Gasteiger partial charge in [-0.2, -0.15) is 6.92 Å². The van der Waals surface area contributed by atoms with Crippen molar-refractivity contribution in [2.75, 3.05) is 14.2 Å². The minimum absolute atomic E-state index is 0. The number of carbonyl (C=O) groups excluding carboxylic acids is 2. The summed E-state index contributed by atoms with van der Waals surface area (Å²) in [7, 11) is -5.42. The van der Waals surface area contributed by atoms with Crippen molar-refractivity contribution >= 4 is 134 Å². The predicted octanol–water partition coefficient (Wildman–Crippen LogP) is 12.0. The Bertz CT molecular complexity index is 3040. The second-order valence-electron chi connectivity index (χ2n) is 17.4. The van der Waals surface area contributed by atoms with E-state index in [1.807, 2.05) is 76.7 Å². The van der Waals surface area contributed by atoms with Crippen molar-refractivity contribution in [1.82, 2.24) is 20.1 Å². The standard InChI is InChI=1S/C24H25FN2O5S.C13H12O2.C11H14ClFN2O3S.C2H3I3.C2H4I.CH4.Na.V/c1-24(2,3)26-23(28)27-33(29,30)22-15-18(25)10-13-21(22)32-20-7-5-6-17(14-20)16-8-11-19(31-4)12-9-16;1-15-13-7-5-10(6-8-13)11-3-2-4-12(14)9-11;1-11(2,3)14-10(16)15-19(17,18)9-6-7(13)4-5-8(9)12;1-2(3,4)5;1-2-3;;;/h5-15H,1-4H3,(H2,26,27,28);2-9,14H,1H3;4-6H,1-3H3,(H2,14,15,16);1H3;2H,1H3;1H4;;/q;;;;-1;;+1;/p-1. The maximum Gasteiger partial charge on any atom is 1.00 e. The summed E-state index contributed by atoms with van der Waals surface area (Å²) in [6, 6.07) is 33.0. The Balaban J connectivity index is 0. The Hall–Kier alpha value is -2.39. The second kappa shape index (κ2) is 36.2. The molecule has 4 amide bonds. The van der Waals surface area contributed by atoms with Crippen LogP contribution in [0.5, 0.6) is 28.7 Å². The molecular weight excluding hydrogens is 1570 g/mol. The number of sulfonamides is 2. The first-order chi connectivity index (χ1) is 34.7. The second-order valence-corrected chi connectivity index (χ2v) is 35.0. The zero-order valence-corrected chi connectivity index (χ0v) is 58.2. The number of alkyl halides is 3. The Kier molecular flexibility index (Phi) is 36.1. The van der Waals surface area contributed by atoms with Crippen LogP contribution in [0.3, 0.4) is 0 Å². The van der Waals surface area contributed by atoms with Gasteiger partial charge in [-0.05, 0) is 144 Å². The molecule has 6 aromatic carbocycles. The number of ether oxygens (including phenoxy) is 3. The Labute approximate surface area is 552 Å². The molecule has 0 aromatic heterocycles. The molecule has 0 heterocycles. The molecule has 0 saturated carbocycles. The van der Waals surface area contributed by atoms with E-state index in [0.29, 0.717) is 5.18 Å². The molecule has 0 unspecified atom stereocenters. The van der Waals surface area contributed by atoms with Crippen LogP contribution in [-0.2, 0) is 38.6 Å². The fourth-order valence-corrected chi connectivity index (χ4v) is 8.12. The molecule has 0 bridgehead atoms. The van der Waals surface area contributed by atoms with Crippen LogP contribution >= 0.6 is 102 Å². The summed E-state index contributed by atoms with van der Waals surface area (Å²) in [6.07, 6.45) is 0. The molecule has 0 aliphatic carbocycles. The van der Waals surface area contributed by atoms with E-state index in [1.165, 1.54) is 6.07 Å². The minimum atomic E-state index is -4.42. The molecule has 0 saturated heterocycles. The molecule has 0 atom stereocenters. The van der Waals surface area contributed by atoms with E-state index in [1.54, 1.807) is 96.9 Å². The quantitative estimate of drug-likeness (QED) is 0.0442.